The molecule has 0 aromatic carbocycles. The van der Waals surface area contributed by atoms with Crippen LogP contribution in [0.3, 0.4) is 0 Å². The fourth-order valence-corrected chi connectivity index (χ4v) is 3.74. The van der Waals surface area contributed by atoms with E-state index in [-0.39, 0.29) is 0 Å². The van der Waals surface area contributed by atoms with E-state index in [1.165, 1.54) is 5.56 Å². The van der Waals surface area contributed by atoms with Gasteiger partial charge in [0.05, 0.1) is 17.3 Å². The second-order valence-corrected chi connectivity index (χ2v) is 6.63. The van der Waals surface area contributed by atoms with Crippen molar-refractivity contribution in [3.63, 3.8) is 0 Å². The van der Waals surface area contributed by atoms with Crippen molar-refractivity contribution in [1.29, 1.82) is 5.26 Å². The van der Waals surface area contributed by atoms with Crippen molar-refractivity contribution in [1.82, 2.24) is 19.1 Å². The third-order valence-electron chi connectivity index (χ3n) is 5.05. The summed E-state index contributed by atoms with van der Waals surface area (Å²) in [5.74, 6) is 0.610. The maximum atomic E-state index is 9.54. The molecule has 1 aliphatic rings. The quantitative estimate of drug-likeness (QED) is 0.746. The summed E-state index contributed by atoms with van der Waals surface area (Å²) in [4.78, 5) is 2.46. The molecule has 4 rings (SSSR count). The summed E-state index contributed by atoms with van der Waals surface area (Å²) in [7, 11) is 1.97. The molecule has 0 amide bonds. The summed E-state index contributed by atoms with van der Waals surface area (Å²) in [5, 5.41) is 13.8. The number of rotatable bonds is 3. The molecule has 4 heterocycles. The molecule has 5 nitrogen and oxygen atoms in total. The van der Waals surface area contributed by atoms with Crippen molar-refractivity contribution in [3.05, 3.63) is 59.7 Å². The van der Waals surface area contributed by atoms with E-state index >= 15 is 0 Å². The summed E-state index contributed by atoms with van der Waals surface area (Å²) >= 11 is 0. The lowest BCUT2D eigenvalue weighted by atomic mass is 9.91. The van der Waals surface area contributed by atoms with Gasteiger partial charge in [-0.15, -0.1) is 0 Å². The number of pyridine rings is 1. The van der Waals surface area contributed by atoms with Crippen molar-refractivity contribution < 1.29 is 0 Å². The average molecular weight is 319 g/mol. The monoisotopic (exact) mass is 319 g/mol. The van der Waals surface area contributed by atoms with E-state index in [1.807, 2.05) is 42.3 Å². The number of fused-ring (bicyclic) bond motifs is 1. The number of likely N-dealkylation sites (tertiary alicyclic amines) is 1. The normalized spacial score (nSPS) is 16.5. The predicted octanol–water partition coefficient (Wildman–Crippen LogP) is 2.92. The van der Waals surface area contributed by atoms with E-state index in [1.54, 1.807) is 0 Å². The van der Waals surface area contributed by atoms with Crippen molar-refractivity contribution in [3.8, 4) is 6.07 Å². The Morgan fingerprint density at radius 3 is 2.79 bits per heavy atom. The number of hydrogen-bond acceptors (Lipinski definition) is 3. The van der Waals surface area contributed by atoms with Crippen LogP contribution in [0, 0.1) is 11.3 Å². The standard InChI is InChI=1S/C19H21N5/c1-22-12-16(11-21-22)15-5-8-23(9-6-15)13-17-14-24-7-3-2-4-19(24)18(17)10-20/h2-4,7,11-12,14-15H,5-6,8-9,13H2,1H3. The highest BCUT2D eigenvalue weighted by Gasteiger charge is 2.23. The number of aryl methyl sites for hydroxylation is 1. The van der Waals surface area contributed by atoms with E-state index < -0.39 is 0 Å². The van der Waals surface area contributed by atoms with Crippen molar-refractivity contribution in [2.24, 2.45) is 7.05 Å². The second-order valence-electron chi connectivity index (χ2n) is 6.63. The Hall–Kier alpha value is -2.58. The fourth-order valence-electron chi connectivity index (χ4n) is 3.74. The van der Waals surface area contributed by atoms with Crippen LogP contribution in [0.1, 0.15) is 35.4 Å². The molecular weight excluding hydrogens is 298 g/mol. The lowest BCUT2D eigenvalue weighted by Crippen LogP contribution is -2.32. The van der Waals surface area contributed by atoms with Gasteiger partial charge >= 0.3 is 0 Å². The van der Waals surface area contributed by atoms with Gasteiger partial charge in [-0.05, 0) is 49.5 Å². The van der Waals surface area contributed by atoms with Gasteiger partial charge in [0.1, 0.15) is 6.07 Å². The van der Waals surface area contributed by atoms with E-state index in [4.69, 9.17) is 0 Å². The van der Waals surface area contributed by atoms with Crippen LogP contribution in [0.2, 0.25) is 0 Å². The molecule has 0 saturated carbocycles. The highest BCUT2D eigenvalue weighted by atomic mass is 15.2. The molecule has 0 spiro atoms. The minimum atomic E-state index is 0.610. The largest absolute Gasteiger partial charge is 0.322 e. The van der Waals surface area contributed by atoms with Gasteiger partial charge in [0.25, 0.3) is 0 Å². The fraction of sp³-hybridized carbons (Fsp3) is 0.368. The molecule has 122 valence electrons. The van der Waals surface area contributed by atoms with Crippen LogP contribution in [0.5, 0.6) is 0 Å². The van der Waals surface area contributed by atoms with Gasteiger partial charge in [-0.25, -0.2) is 0 Å². The zero-order chi connectivity index (χ0) is 16.5. The molecule has 3 aromatic heterocycles. The second kappa shape index (κ2) is 6.14. The van der Waals surface area contributed by atoms with Crippen molar-refractivity contribution in [2.45, 2.75) is 25.3 Å². The topological polar surface area (TPSA) is 49.3 Å². The lowest BCUT2D eigenvalue weighted by molar-refractivity contribution is 0.204. The molecule has 24 heavy (non-hydrogen) atoms. The molecule has 3 aromatic rings. The minimum Gasteiger partial charge on any atom is -0.322 e. The van der Waals surface area contributed by atoms with Gasteiger partial charge in [-0.1, -0.05) is 6.07 Å². The third-order valence-corrected chi connectivity index (χ3v) is 5.05. The summed E-state index contributed by atoms with van der Waals surface area (Å²) in [5.41, 5.74) is 4.29. The number of aromatic nitrogens is 3. The van der Waals surface area contributed by atoms with Gasteiger partial charge in [0.15, 0.2) is 0 Å². The molecule has 1 fully saturated rings. The van der Waals surface area contributed by atoms with Crippen molar-refractivity contribution in [2.75, 3.05) is 13.1 Å². The molecule has 0 N–H and O–H groups in total. The molecular formula is C19H21N5. The first kappa shape index (κ1) is 15.0. The highest BCUT2D eigenvalue weighted by molar-refractivity contribution is 5.65. The zero-order valence-corrected chi connectivity index (χ0v) is 13.9. The summed E-state index contributed by atoms with van der Waals surface area (Å²) < 4.78 is 3.93. The van der Waals surface area contributed by atoms with Gasteiger partial charge in [-0.2, -0.15) is 10.4 Å². The summed E-state index contributed by atoms with van der Waals surface area (Å²) in [6.07, 6.45) is 10.5. The van der Waals surface area contributed by atoms with Crippen molar-refractivity contribution >= 4 is 5.52 Å². The molecule has 5 heteroatoms. The van der Waals surface area contributed by atoms with E-state index in [0.717, 1.165) is 49.1 Å². The van der Waals surface area contributed by atoms with Crippen LogP contribution in [-0.4, -0.2) is 32.2 Å². The Bertz CT molecular complexity index is 890. The number of hydrogen-bond donors (Lipinski definition) is 0. The Balaban J connectivity index is 1.47. The molecule has 0 atom stereocenters. The summed E-state index contributed by atoms with van der Waals surface area (Å²) in [6, 6.07) is 8.38. The Morgan fingerprint density at radius 1 is 1.25 bits per heavy atom. The number of nitriles is 1. The third kappa shape index (κ3) is 2.70. The first-order chi connectivity index (χ1) is 11.7. The van der Waals surface area contributed by atoms with Gasteiger partial charge < -0.3 is 4.40 Å². The van der Waals surface area contributed by atoms with Crippen LogP contribution < -0.4 is 0 Å². The van der Waals surface area contributed by atoms with E-state index in [0.29, 0.717) is 5.92 Å². The average Bonchev–Trinajstić information content (AvgIpc) is 3.18. The number of nitrogens with zero attached hydrogens (tertiary/aromatic N) is 5. The molecule has 0 aliphatic carbocycles. The lowest BCUT2D eigenvalue weighted by Gasteiger charge is -2.31. The van der Waals surface area contributed by atoms with Gasteiger partial charge in [0.2, 0.25) is 0 Å². The maximum absolute atomic E-state index is 9.54. The molecule has 0 bridgehead atoms. The van der Waals surface area contributed by atoms with Crippen LogP contribution in [0.15, 0.2) is 43.0 Å². The van der Waals surface area contributed by atoms with Crippen LogP contribution in [0.25, 0.3) is 5.52 Å². The van der Waals surface area contributed by atoms with Crippen LogP contribution in [-0.2, 0) is 13.6 Å². The molecule has 1 saturated heterocycles. The van der Waals surface area contributed by atoms with Gasteiger partial charge in [0, 0.05) is 37.7 Å². The molecule has 0 unspecified atom stereocenters. The molecule has 0 radical (unpaired) electrons. The van der Waals surface area contributed by atoms with Crippen LogP contribution >= 0.6 is 0 Å². The first-order valence-corrected chi connectivity index (χ1v) is 8.44. The van der Waals surface area contributed by atoms with E-state index in [9.17, 15) is 5.26 Å². The van der Waals surface area contributed by atoms with Gasteiger partial charge in [-0.3, -0.25) is 9.58 Å². The Kier molecular flexibility index (Phi) is 3.83. The minimum absolute atomic E-state index is 0.610. The zero-order valence-electron chi connectivity index (χ0n) is 13.9. The number of piperidine rings is 1. The Labute approximate surface area is 141 Å². The smallest absolute Gasteiger partial charge is 0.102 e. The Morgan fingerprint density at radius 2 is 2.08 bits per heavy atom. The van der Waals surface area contributed by atoms with E-state index in [2.05, 4.69) is 32.9 Å². The van der Waals surface area contributed by atoms with Crippen LogP contribution in [0.4, 0.5) is 0 Å². The first-order valence-electron chi connectivity index (χ1n) is 8.44. The molecule has 1 aliphatic heterocycles. The maximum Gasteiger partial charge on any atom is 0.102 e. The highest BCUT2D eigenvalue weighted by Crippen LogP contribution is 2.29. The predicted molar refractivity (Wildman–Crippen MR) is 92.6 cm³/mol. The summed E-state index contributed by atoms with van der Waals surface area (Å²) in [6.45, 7) is 2.98. The SMILES string of the molecule is Cn1cc(C2CCN(Cc3cn4ccccc4c3C#N)CC2)cn1.